The van der Waals surface area contributed by atoms with Crippen LogP contribution in [0.3, 0.4) is 0 Å². The Hall–Kier alpha value is -1.86. The summed E-state index contributed by atoms with van der Waals surface area (Å²) in [4.78, 5) is 22.6. The number of ether oxygens (including phenoxy) is 1. The topological polar surface area (TPSA) is 95.9 Å². The van der Waals surface area contributed by atoms with E-state index in [1.165, 1.54) is 26.2 Å². The number of halogens is 1. The van der Waals surface area contributed by atoms with E-state index in [9.17, 15) is 14.7 Å². The Bertz CT molecular complexity index is 556. The van der Waals surface area contributed by atoms with Crippen molar-refractivity contribution in [2.75, 3.05) is 7.11 Å². The molecule has 0 heterocycles. The van der Waals surface area contributed by atoms with Gasteiger partial charge in [-0.15, -0.1) is 0 Å². The van der Waals surface area contributed by atoms with Crippen LogP contribution in [-0.2, 0) is 9.59 Å². The summed E-state index contributed by atoms with van der Waals surface area (Å²) >= 11 is 3.31. The van der Waals surface area contributed by atoms with Gasteiger partial charge in [0.1, 0.15) is 5.75 Å². The molecule has 0 radical (unpaired) electrons. The van der Waals surface area contributed by atoms with Crippen LogP contribution in [0.2, 0.25) is 0 Å². The fourth-order valence-corrected chi connectivity index (χ4v) is 1.97. The van der Waals surface area contributed by atoms with Crippen LogP contribution in [0.4, 0.5) is 0 Å². The number of nitrogens with one attached hydrogen (secondary N) is 1. The molecule has 0 aromatic heterocycles. The maximum atomic E-state index is 11.7. The zero-order valence-electron chi connectivity index (χ0n) is 11.5. The average Bonchev–Trinajstić information content (AvgIpc) is 2.42. The summed E-state index contributed by atoms with van der Waals surface area (Å²) in [6.45, 7) is 1.29. The van der Waals surface area contributed by atoms with Crippen molar-refractivity contribution in [2.45, 2.75) is 19.1 Å². The standard InChI is InChI=1S/C14H16BrNO5/c1-8(17)13(14(19)20)16-12(18)6-3-9-7-10(15)4-5-11(9)21-2/h3-8,13,17H,1-2H3,(H,16,18)(H,19,20)/b6-3+/t8-,13+/m1/s1. The molecule has 3 N–H and O–H groups in total. The Morgan fingerprint density at radius 2 is 2.10 bits per heavy atom. The van der Waals surface area contributed by atoms with Crippen LogP contribution < -0.4 is 10.1 Å². The van der Waals surface area contributed by atoms with Gasteiger partial charge in [0, 0.05) is 16.1 Å². The van der Waals surface area contributed by atoms with Crippen molar-refractivity contribution in [2.24, 2.45) is 0 Å². The Labute approximate surface area is 130 Å². The Kier molecular flexibility index (Phi) is 6.39. The molecule has 1 amide bonds. The summed E-state index contributed by atoms with van der Waals surface area (Å²) in [7, 11) is 1.51. The molecule has 1 rings (SSSR count). The lowest BCUT2D eigenvalue weighted by Crippen LogP contribution is -2.47. The van der Waals surface area contributed by atoms with E-state index in [1.54, 1.807) is 18.2 Å². The largest absolute Gasteiger partial charge is 0.496 e. The van der Waals surface area contributed by atoms with Crippen LogP contribution in [0.15, 0.2) is 28.7 Å². The number of rotatable bonds is 6. The van der Waals surface area contributed by atoms with Crippen LogP contribution >= 0.6 is 15.9 Å². The summed E-state index contributed by atoms with van der Waals surface area (Å²) in [5.41, 5.74) is 0.658. The number of aliphatic hydroxyl groups excluding tert-OH is 1. The number of hydrogen-bond acceptors (Lipinski definition) is 4. The number of hydrogen-bond donors (Lipinski definition) is 3. The molecule has 114 valence electrons. The second-order valence-corrected chi connectivity index (χ2v) is 5.20. The molecule has 0 spiro atoms. The van der Waals surface area contributed by atoms with E-state index in [2.05, 4.69) is 21.2 Å². The molecule has 0 unspecified atom stereocenters. The van der Waals surface area contributed by atoms with Gasteiger partial charge in [-0.3, -0.25) is 4.79 Å². The van der Waals surface area contributed by atoms with Crippen LogP contribution in [0.1, 0.15) is 12.5 Å². The number of carboxylic acids is 1. The smallest absolute Gasteiger partial charge is 0.328 e. The van der Waals surface area contributed by atoms with Crippen LogP contribution in [0.5, 0.6) is 5.75 Å². The molecule has 0 fully saturated rings. The molecule has 0 saturated carbocycles. The van der Waals surface area contributed by atoms with Gasteiger partial charge in [-0.1, -0.05) is 15.9 Å². The van der Waals surface area contributed by atoms with Gasteiger partial charge in [-0.05, 0) is 31.2 Å². The van der Waals surface area contributed by atoms with E-state index in [0.717, 1.165) is 4.47 Å². The quantitative estimate of drug-likeness (QED) is 0.669. The molecule has 1 aromatic rings. The van der Waals surface area contributed by atoms with Crippen molar-refractivity contribution >= 4 is 33.9 Å². The van der Waals surface area contributed by atoms with E-state index in [0.29, 0.717) is 11.3 Å². The minimum Gasteiger partial charge on any atom is -0.496 e. The molecule has 0 aliphatic heterocycles. The first-order chi connectivity index (χ1) is 9.85. The second kappa shape index (κ2) is 7.80. The third kappa shape index (κ3) is 5.20. The molecule has 0 bridgehead atoms. The van der Waals surface area contributed by atoms with E-state index in [1.807, 2.05) is 0 Å². The number of aliphatic hydroxyl groups is 1. The van der Waals surface area contributed by atoms with Crippen LogP contribution in [-0.4, -0.2) is 41.3 Å². The third-order valence-electron chi connectivity index (χ3n) is 2.65. The van der Waals surface area contributed by atoms with Crippen LogP contribution in [0, 0.1) is 0 Å². The van der Waals surface area contributed by atoms with Crippen LogP contribution in [0.25, 0.3) is 6.08 Å². The molecule has 21 heavy (non-hydrogen) atoms. The Morgan fingerprint density at radius 3 is 2.62 bits per heavy atom. The zero-order valence-corrected chi connectivity index (χ0v) is 13.1. The highest BCUT2D eigenvalue weighted by Crippen LogP contribution is 2.23. The average molecular weight is 358 g/mol. The van der Waals surface area contributed by atoms with Gasteiger partial charge in [0.25, 0.3) is 0 Å². The normalized spacial score (nSPS) is 13.7. The lowest BCUT2D eigenvalue weighted by molar-refractivity contribution is -0.144. The highest BCUT2D eigenvalue weighted by Gasteiger charge is 2.23. The maximum Gasteiger partial charge on any atom is 0.328 e. The Balaban J connectivity index is 2.83. The number of methoxy groups -OCH3 is 1. The molecular weight excluding hydrogens is 342 g/mol. The minimum atomic E-state index is -1.36. The number of benzene rings is 1. The van der Waals surface area contributed by atoms with E-state index in [4.69, 9.17) is 9.84 Å². The van der Waals surface area contributed by atoms with Gasteiger partial charge in [-0.25, -0.2) is 4.79 Å². The second-order valence-electron chi connectivity index (χ2n) is 4.28. The van der Waals surface area contributed by atoms with E-state index in [-0.39, 0.29) is 0 Å². The fraction of sp³-hybridized carbons (Fsp3) is 0.286. The number of carboxylic acid groups (broad SMARTS) is 1. The molecule has 0 aliphatic rings. The van der Waals surface area contributed by atoms with E-state index < -0.39 is 24.0 Å². The molecule has 6 nitrogen and oxygen atoms in total. The summed E-state index contributed by atoms with van der Waals surface area (Å²) < 4.78 is 5.97. The van der Waals surface area contributed by atoms with Crippen molar-refractivity contribution in [3.63, 3.8) is 0 Å². The predicted octanol–water partition coefficient (Wildman–Crippen LogP) is 1.42. The van der Waals surface area contributed by atoms with Gasteiger partial charge < -0.3 is 20.3 Å². The monoisotopic (exact) mass is 357 g/mol. The summed E-state index contributed by atoms with van der Waals surface area (Å²) in [5, 5.41) is 20.4. The van der Waals surface area contributed by atoms with Gasteiger partial charge >= 0.3 is 5.97 Å². The Morgan fingerprint density at radius 1 is 1.43 bits per heavy atom. The summed E-state index contributed by atoms with van der Waals surface area (Å²) in [6.07, 6.45) is 1.49. The van der Waals surface area contributed by atoms with Gasteiger partial charge in [-0.2, -0.15) is 0 Å². The van der Waals surface area contributed by atoms with Gasteiger partial charge in [0.15, 0.2) is 6.04 Å². The highest BCUT2D eigenvalue weighted by molar-refractivity contribution is 9.10. The molecule has 0 aliphatic carbocycles. The van der Waals surface area contributed by atoms with Crippen molar-refractivity contribution in [3.8, 4) is 5.75 Å². The fourth-order valence-electron chi connectivity index (χ4n) is 1.59. The lowest BCUT2D eigenvalue weighted by atomic mass is 10.1. The number of carbonyl (C=O) groups excluding carboxylic acids is 1. The van der Waals surface area contributed by atoms with Crippen molar-refractivity contribution in [1.82, 2.24) is 5.32 Å². The molecule has 1 aromatic carbocycles. The number of aliphatic carboxylic acids is 1. The number of amides is 1. The number of carbonyl (C=O) groups is 2. The third-order valence-corrected chi connectivity index (χ3v) is 3.15. The SMILES string of the molecule is COc1ccc(Br)cc1/C=C/C(=O)N[C@H](C(=O)O)[C@@H](C)O. The predicted molar refractivity (Wildman–Crippen MR) is 81.0 cm³/mol. The van der Waals surface area contributed by atoms with E-state index >= 15 is 0 Å². The molecule has 2 atom stereocenters. The highest BCUT2D eigenvalue weighted by atomic mass is 79.9. The summed E-state index contributed by atoms with van der Waals surface area (Å²) in [6, 6.07) is 3.93. The first kappa shape index (κ1) is 17.2. The van der Waals surface area contributed by atoms with Crippen molar-refractivity contribution in [1.29, 1.82) is 0 Å². The molecule has 7 heteroatoms. The van der Waals surface area contributed by atoms with Gasteiger partial charge in [0.2, 0.25) is 5.91 Å². The van der Waals surface area contributed by atoms with Crippen molar-refractivity contribution in [3.05, 3.63) is 34.3 Å². The van der Waals surface area contributed by atoms with Crippen molar-refractivity contribution < 1.29 is 24.5 Å². The first-order valence-electron chi connectivity index (χ1n) is 6.08. The maximum absolute atomic E-state index is 11.7. The minimum absolute atomic E-state index is 0.576. The van der Waals surface area contributed by atoms with Gasteiger partial charge in [0.05, 0.1) is 13.2 Å². The lowest BCUT2D eigenvalue weighted by Gasteiger charge is -2.15. The first-order valence-corrected chi connectivity index (χ1v) is 6.87. The molecular formula is C14H16BrNO5. The molecule has 0 saturated heterocycles. The summed E-state index contributed by atoms with van der Waals surface area (Å²) in [5.74, 6) is -1.34. The zero-order chi connectivity index (χ0) is 16.0.